The molecule has 1 spiro atoms. The van der Waals surface area contributed by atoms with Crippen LogP contribution in [-0.2, 0) is 5.41 Å². The van der Waals surface area contributed by atoms with Crippen LogP contribution in [0.3, 0.4) is 0 Å². The van der Waals surface area contributed by atoms with Crippen LogP contribution in [0.25, 0.3) is 44.5 Å². The highest BCUT2D eigenvalue weighted by molar-refractivity contribution is 5.99. The average Bonchev–Trinajstić information content (AvgIpc) is 1.48. The predicted molar refractivity (Wildman–Crippen MR) is 208 cm³/mol. The highest BCUT2D eigenvalue weighted by atomic mass is 15.1. The largest absolute Gasteiger partial charge is 0.310 e. The summed E-state index contributed by atoms with van der Waals surface area (Å²) >= 11 is 0. The molecule has 0 radical (unpaired) electrons. The van der Waals surface area contributed by atoms with E-state index in [4.69, 9.17) is 20.6 Å². The van der Waals surface area contributed by atoms with Gasteiger partial charge in [-0.05, 0) is 91.4 Å². The molecular formula is C49H33N. The molecule has 1 heteroatoms. The van der Waals surface area contributed by atoms with E-state index in [1.54, 1.807) is 0 Å². The van der Waals surface area contributed by atoms with Crippen molar-refractivity contribution in [1.82, 2.24) is 0 Å². The summed E-state index contributed by atoms with van der Waals surface area (Å²) in [7, 11) is 0. The first kappa shape index (κ1) is 11.0. The van der Waals surface area contributed by atoms with Crippen molar-refractivity contribution in [3.63, 3.8) is 0 Å². The number of benzene rings is 8. The molecule has 8 aromatic rings. The molecule has 0 bridgehead atoms. The summed E-state index contributed by atoms with van der Waals surface area (Å²) in [4.78, 5) is 0.342. The molecule has 2 aliphatic rings. The maximum Gasteiger partial charge on any atom is 0.0746 e. The fraction of sp³-hybridized carbons (Fsp3) is 0.0204. The monoisotopic (exact) mass is 667 g/mol. The lowest BCUT2D eigenvalue weighted by Gasteiger charge is -2.36. The van der Waals surface area contributed by atoms with Gasteiger partial charge < -0.3 is 4.90 Å². The molecule has 0 heterocycles. The maximum absolute atomic E-state index is 10.0. The van der Waals surface area contributed by atoms with Gasteiger partial charge in [-0.3, -0.25) is 0 Å². The van der Waals surface area contributed by atoms with Gasteiger partial charge in [-0.2, -0.15) is 0 Å². The van der Waals surface area contributed by atoms with E-state index >= 15 is 0 Å². The summed E-state index contributed by atoms with van der Waals surface area (Å²) in [6.07, 6.45) is 0. The van der Waals surface area contributed by atoms with E-state index in [-0.39, 0.29) is 0 Å². The van der Waals surface area contributed by atoms with Crippen molar-refractivity contribution in [3.8, 4) is 44.5 Å². The first-order valence-electron chi connectivity index (χ1n) is 30.7. The Bertz CT molecular complexity index is 4190. The van der Waals surface area contributed by atoms with Gasteiger partial charge in [-0.25, -0.2) is 0 Å². The quantitative estimate of drug-likeness (QED) is 0.177. The minimum atomic E-state index is -3.14. The van der Waals surface area contributed by atoms with Crippen molar-refractivity contribution >= 4 is 17.1 Å². The second-order valence-corrected chi connectivity index (χ2v) is 10.8. The van der Waals surface area contributed by atoms with Crippen LogP contribution in [0.2, 0.25) is 0 Å². The van der Waals surface area contributed by atoms with Crippen molar-refractivity contribution in [1.29, 1.82) is 0 Å². The van der Waals surface area contributed by atoms with Crippen LogP contribution in [-0.4, -0.2) is 0 Å². The zero-order valence-electron chi connectivity index (χ0n) is 57.0. The molecule has 0 saturated carbocycles. The second kappa shape index (κ2) is 11.3. The van der Waals surface area contributed by atoms with Crippen molar-refractivity contribution in [2.75, 3.05) is 4.90 Å². The van der Waals surface area contributed by atoms with Crippen LogP contribution in [0.4, 0.5) is 17.1 Å². The van der Waals surface area contributed by atoms with Crippen LogP contribution in [0.15, 0.2) is 199 Å². The van der Waals surface area contributed by atoms with E-state index in [0.29, 0.717) is 4.90 Å². The molecule has 0 unspecified atom stereocenters. The lowest BCUT2D eigenvalue weighted by atomic mass is 9.70. The van der Waals surface area contributed by atoms with E-state index in [0.717, 1.165) is 6.07 Å². The first-order valence-corrected chi connectivity index (χ1v) is 14.7. The van der Waals surface area contributed by atoms with Crippen LogP contribution in [0.1, 0.15) is 66.1 Å². The third kappa shape index (κ3) is 4.14. The van der Waals surface area contributed by atoms with Gasteiger partial charge in [0.2, 0.25) is 0 Å². The van der Waals surface area contributed by atoms with Crippen molar-refractivity contribution in [3.05, 3.63) is 222 Å². The predicted octanol–water partition coefficient (Wildman–Crippen LogP) is 12.8. The van der Waals surface area contributed by atoms with E-state index in [9.17, 15) is 23.3 Å². The van der Waals surface area contributed by atoms with Gasteiger partial charge in [0.1, 0.15) is 0 Å². The third-order valence-corrected chi connectivity index (χ3v) is 8.38. The Hall–Kier alpha value is -6.44. The summed E-state index contributed by atoms with van der Waals surface area (Å²) in [5.41, 5.74) is -16.5. The van der Waals surface area contributed by atoms with Crippen molar-refractivity contribution < 1.29 is 43.9 Å². The normalized spacial score (nSPS) is 21.9. The minimum absolute atomic E-state index is 0.342. The fourth-order valence-corrected chi connectivity index (χ4v) is 6.43. The lowest BCUT2D eigenvalue weighted by Crippen LogP contribution is -2.28. The molecule has 234 valence electrons. The Labute approximate surface area is 338 Å². The molecule has 0 N–H and O–H groups in total. The molecule has 8 aromatic carbocycles. The Morgan fingerprint density at radius 3 is 1.34 bits per heavy atom. The summed E-state index contributed by atoms with van der Waals surface area (Å²) in [6, 6.07) is -33.6. The van der Waals surface area contributed by atoms with Gasteiger partial charge in [0, 0.05) is 16.9 Å². The molecule has 0 atom stereocenters. The number of hydrogen-bond donors (Lipinski definition) is 0. The number of rotatable bonds is 5. The lowest BCUT2D eigenvalue weighted by molar-refractivity contribution is 0.793. The molecule has 1 nitrogen and oxygen atoms in total. The average molecular weight is 668 g/mol. The van der Waals surface area contributed by atoms with Gasteiger partial charge in [0.25, 0.3) is 0 Å². The summed E-state index contributed by atoms with van der Waals surface area (Å²) in [5, 5.41) is 0. The standard InChI is InChI=1S/C49H33N/c1-3-14-34(15-4-1)36-26-30-38(31-27-36)50(39-32-28-37(29-33-39)35-16-5-2-6-17-35)47-25-13-21-43-42-20-9-12-24-46(42)49(48(43)47)44-22-10-7-18-40(44)41-19-8-11-23-45(41)49/h1-33H/i1D,2D,3D,4D,5D,6D,7D,8D,9D,10D,11D,12D,13D,14D,15D,16D,18D,19D,20D,21D,22D,23D,24D,25D,26D,27D,28D,29D,30D,31D,32D,33D. The Morgan fingerprint density at radius 1 is 0.340 bits per heavy atom. The zero-order valence-corrected chi connectivity index (χ0v) is 25.0. The van der Waals surface area contributed by atoms with E-state index in [2.05, 4.69) is 0 Å². The molecule has 2 aliphatic carbocycles. The maximum atomic E-state index is 10.0. The Kier molecular flexibility index (Phi) is 2.50. The zero-order chi connectivity index (χ0) is 60.9. The van der Waals surface area contributed by atoms with Crippen molar-refractivity contribution in [2.45, 2.75) is 5.41 Å². The fourth-order valence-electron chi connectivity index (χ4n) is 6.43. The molecule has 0 fully saturated rings. The highest BCUT2D eigenvalue weighted by Crippen LogP contribution is 2.65. The highest BCUT2D eigenvalue weighted by Gasteiger charge is 2.53. The molecule has 0 amide bonds. The third-order valence-electron chi connectivity index (χ3n) is 8.38. The summed E-state index contributed by atoms with van der Waals surface area (Å²) in [5.74, 6) is 0. The number of nitrogens with zero attached hydrogens (tertiary/aromatic N) is 1. The molecule has 0 saturated heterocycles. The van der Waals surface area contributed by atoms with Gasteiger partial charge in [0.05, 0.1) is 55.0 Å². The number of fused-ring (bicyclic) bond motifs is 10. The van der Waals surface area contributed by atoms with Crippen LogP contribution < -0.4 is 4.90 Å². The molecule has 50 heavy (non-hydrogen) atoms. The smallest absolute Gasteiger partial charge is 0.0746 e. The van der Waals surface area contributed by atoms with Gasteiger partial charge >= 0.3 is 0 Å². The first-order chi connectivity index (χ1) is 38.1. The molecular weight excluding hydrogens is 603 g/mol. The van der Waals surface area contributed by atoms with Crippen molar-refractivity contribution in [2.24, 2.45) is 0 Å². The summed E-state index contributed by atoms with van der Waals surface area (Å²) in [6.45, 7) is 0. The molecule has 10 rings (SSSR count). The van der Waals surface area contributed by atoms with Gasteiger partial charge in [0.15, 0.2) is 0 Å². The van der Waals surface area contributed by atoms with Gasteiger partial charge in [-0.1, -0.05) is 169 Å². The van der Waals surface area contributed by atoms with Crippen LogP contribution >= 0.6 is 0 Å². The summed E-state index contributed by atoms with van der Waals surface area (Å²) < 4.78 is 293. The number of hydrogen-bond acceptors (Lipinski definition) is 1. The van der Waals surface area contributed by atoms with E-state index in [1.165, 1.54) is 0 Å². The second-order valence-electron chi connectivity index (χ2n) is 10.8. The van der Waals surface area contributed by atoms with Crippen LogP contribution in [0, 0.1) is 0 Å². The van der Waals surface area contributed by atoms with Gasteiger partial charge in [-0.15, -0.1) is 0 Å². The van der Waals surface area contributed by atoms with E-state index < -0.39 is 283 Å². The number of anilines is 3. The minimum Gasteiger partial charge on any atom is -0.310 e. The molecule has 0 aromatic heterocycles. The topological polar surface area (TPSA) is 3.24 Å². The SMILES string of the molecule is [2H]c1cc(-c2c([2H])c([2H])c(N(c3c([2H])c([2H])c(-c4c([2H])c([2H])c([2H])c([2H])c4[2H])c([2H])c3[2H])c3c([2H])c([2H])c([2H])c4c3C3(c5c([2H])c([2H])c([2H])c([2H])c5-c5c([2H])c([2H])c([2H])c([2H])c53)c3c([2H])c([2H])c([2H])c([2H])c3-4)c([2H])c2[2H])c([2H])c([2H])c1[2H]. The van der Waals surface area contributed by atoms with E-state index in [1.807, 2.05) is 0 Å². The Morgan fingerprint density at radius 2 is 0.760 bits per heavy atom. The Balaban J connectivity index is 1.54. The van der Waals surface area contributed by atoms with Crippen LogP contribution in [0.5, 0.6) is 0 Å². The molecule has 0 aliphatic heterocycles.